The van der Waals surface area contributed by atoms with Crippen LogP contribution in [-0.4, -0.2) is 41.4 Å². The third-order valence-corrected chi connectivity index (χ3v) is 3.94. The fourth-order valence-electron chi connectivity index (χ4n) is 2.54. The summed E-state index contributed by atoms with van der Waals surface area (Å²) < 4.78 is 0. The van der Waals surface area contributed by atoms with Gasteiger partial charge in [-0.25, -0.2) is 0 Å². The van der Waals surface area contributed by atoms with Crippen molar-refractivity contribution in [3.63, 3.8) is 0 Å². The standard InChI is InChI=1S/C12H21N3O2/c1-8(2)10(13)11(17)15-5-3-12(4-6-15)7-9(16)14-12/h8,10H,3-7,13H2,1-2H3,(H,14,16). The fourth-order valence-corrected chi connectivity index (χ4v) is 2.54. The van der Waals surface area contributed by atoms with Crippen molar-refractivity contribution in [2.75, 3.05) is 13.1 Å². The Morgan fingerprint density at radius 2 is 1.94 bits per heavy atom. The number of nitrogens with one attached hydrogen (secondary N) is 1. The van der Waals surface area contributed by atoms with E-state index in [0.29, 0.717) is 19.5 Å². The number of likely N-dealkylation sites (tertiary alicyclic amines) is 1. The maximum Gasteiger partial charge on any atom is 0.239 e. The van der Waals surface area contributed by atoms with Crippen molar-refractivity contribution in [1.82, 2.24) is 10.2 Å². The normalized spacial score (nSPS) is 24.5. The topological polar surface area (TPSA) is 75.4 Å². The predicted molar refractivity (Wildman–Crippen MR) is 64.1 cm³/mol. The maximum absolute atomic E-state index is 12.0. The van der Waals surface area contributed by atoms with E-state index in [9.17, 15) is 9.59 Å². The molecule has 5 nitrogen and oxygen atoms in total. The molecule has 0 radical (unpaired) electrons. The lowest BCUT2D eigenvalue weighted by atomic mass is 9.78. The molecule has 1 unspecified atom stereocenters. The van der Waals surface area contributed by atoms with Crippen LogP contribution in [0.3, 0.4) is 0 Å². The number of carbonyl (C=O) groups excluding carboxylic acids is 2. The highest BCUT2D eigenvalue weighted by molar-refractivity contribution is 5.85. The molecular weight excluding hydrogens is 218 g/mol. The Bertz CT molecular complexity index is 323. The van der Waals surface area contributed by atoms with Gasteiger partial charge in [-0.15, -0.1) is 0 Å². The Morgan fingerprint density at radius 1 is 1.41 bits per heavy atom. The third kappa shape index (κ3) is 2.29. The molecule has 0 aromatic heterocycles. The summed E-state index contributed by atoms with van der Waals surface area (Å²) in [5.41, 5.74) is 5.85. The summed E-state index contributed by atoms with van der Waals surface area (Å²) in [7, 11) is 0. The SMILES string of the molecule is CC(C)C(N)C(=O)N1CCC2(CC1)CC(=O)N2. The highest BCUT2D eigenvalue weighted by Gasteiger charge is 2.45. The first-order valence-electron chi connectivity index (χ1n) is 6.29. The number of rotatable bonds is 2. The molecule has 5 heteroatoms. The molecule has 0 aromatic rings. The van der Waals surface area contributed by atoms with E-state index < -0.39 is 6.04 Å². The Labute approximate surface area is 102 Å². The summed E-state index contributed by atoms with van der Waals surface area (Å²) in [6.07, 6.45) is 2.33. The first kappa shape index (κ1) is 12.4. The van der Waals surface area contributed by atoms with Crippen LogP contribution in [0.15, 0.2) is 0 Å². The molecule has 0 saturated carbocycles. The molecule has 2 rings (SSSR count). The zero-order valence-corrected chi connectivity index (χ0v) is 10.5. The average Bonchev–Trinajstić information content (AvgIpc) is 2.26. The van der Waals surface area contributed by atoms with Crippen LogP contribution in [0.25, 0.3) is 0 Å². The van der Waals surface area contributed by atoms with Crippen LogP contribution in [0.5, 0.6) is 0 Å². The summed E-state index contributed by atoms with van der Waals surface area (Å²) in [6, 6.07) is -0.403. The molecule has 1 atom stereocenters. The quantitative estimate of drug-likeness (QED) is 0.658. The summed E-state index contributed by atoms with van der Waals surface area (Å²) in [5, 5.41) is 2.96. The minimum absolute atomic E-state index is 0.0181. The molecule has 2 aliphatic rings. The number of piperidine rings is 1. The molecule has 1 spiro atoms. The van der Waals surface area contributed by atoms with Gasteiger partial charge in [-0.05, 0) is 18.8 Å². The van der Waals surface area contributed by atoms with Crippen LogP contribution in [0, 0.1) is 5.92 Å². The Hall–Kier alpha value is -1.10. The molecule has 0 bridgehead atoms. The number of β-lactam (4-membered cyclic amide) rings is 1. The second-order valence-electron chi connectivity index (χ2n) is 5.60. The lowest BCUT2D eigenvalue weighted by Crippen LogP contribution is -2.66. The molecular formula is C12H21N3O2. The number of amides is 2. The van der Waals surface area contributed by atoms with Gasteiger partial charge in [0.05, 0.1) is 11.6 Å². The molecule has 17 heavy (non-hydrogen) atoms. The monoisotopic (exact) mass is 239 g/mol. The molecule has 0 aromatic carbocycles. The summed E-state index contributed by atoms with van der Waals surface area (Å²) in [4.78, 5) is 24.8. The molecule has 2 saturated heterocycles. The molecule has 2 amide bonds. The van der Waals surface area contributed by atoms with Gasteiger partial charge in [-0.1, -0.05) is 13.8 Å². The number of hydrogen-bond donors (Lipinski definition) is 2. The molecule has 96 valence electrons. The van der Waals surface area contributed by atoms with Crippen LogP contribution in [-0.2, 0) is 9.59 Å². The van der Waals surface area contributed by atoms with E-state index in [1.807, 2.05) is 18.7 Å². The zero-order valence-electron chi connectivity index (χ0n) is 10.5. The van der Waals surface area contributed by atoms with Crippen molar-refractivity contribution in [1.29, 1.82) is 0 Å². The second kappa shape index (κ2) is 4.29. The van der Waals surface area contributed by atoms with Crippen LogP contribution >= 0.6 is 0 Å². The number of carbonyl (C=O) groups is 2. The molecule has 0 aliphatic carbocycles. The van der Waals surface area contributed by atoms with Gasteiger partial charge in [0.1, 0.15) is 0 Å². The fraction of sp³-hybridized carbons (Fsp3) is 0.833. The predicted octanol–water partition coefficient (Wildman–Crippen LogP) is -0.149. The first-order chi connectivity index (χ1) is 7.93. The first-order valence-corrected chi connectivity index (χ1v) is 6.29. The van der Waals surface area contributed by atoms with Crippen LogP contribution in [0.2, 0.25) is 0 Å². The molecule has 2 heterocycles. The maximum atomic E-state index is 12.0. The third-order valence-electron chi connectivity index (χ3n) is 3.94. The molecule has 2 aliphatic heterocycles. The summed E-state index contributed by atoms with van der Waals surface area (Å²) in [6.45, 7) is 5.33. The summed E-state index contributed by atoms with van der Waals surface area (Å²) in [5.74, 6) is 0.339. The second-order valence-corrected chi connectivity index (χ2v) is 5.60. The van der Waals surface area contributed by atoms with E-state index >= 15 is 0 Å². The lowest BCUT2D eigenvalue weighted by molar-refractivity contribution is -0.140. The van der Waals surface area contributed by atoms with Crippen molar-refractivity contribution in [2.45, 2.75) is 44.7 Å². The smallest absolute Gasteiger partial charge is 0.239 e. The van der Waals surface area contributed by atoms with Gasteiger partial charge in [0, 0.05) is 19.5 Å². The van der Waals surface area contributed by atoms with Crippen LogP contribution in [0.4, 0.5) is 0 Å². The van der Waals surface area contributed by atoms with Gasteiger partial charge in [0.2, 0.25) is 11.8 Å². The van der Waals surface area contributed by atoms with Crippen molar-refractivity contribution in [3.8, 4) is 0 Å². The number of nitrogens with two attached hydrogens (primary N) is 1. The number of hydrogen-bond acceptors (Lipinski definition) is 3. The minimum Gasteiger partial charge on any atom is -0.350 e. The molecule has 3 N–H and O–H groups in total. The summed E-state index contributed by atoms with van der Waals surface area (Å²) >= 11 is 0. The van der Waals surface area contributed by atoms with Gasteiger partial charge in [0.25, 0.3) is 0 Å². The van der Waals surface area contributed by atoms with Gasteiger partial charge in [-0.3, -0.25) is 9.59 Å². The van der Waals surface area contributed by atoms with Crippen molar-refractivity contribution in [3.05, 3.63) is 0 Å². The Balaban J connectivity index is 1.87. The van der Waals surface area contributed by atoms with E-state index in [-0.39, 0.29) is 23.3 Å². The van der Waals surface area contributed by atoms with Crippen LogP contribution in [0.1, 0.15) is 33.1 Å². The van der Waals surface area contributed by atoms with Crippen molar-refractivity contribution < 1.29 is 9.59 Å². The zero-order chi connectivity index (χ0) is 12.6. The van der Waals surface area contributed by atoms with Gasteiger partial charge < -0.3 is 16.0 Å². The van der Waals surface area contributed by atoms with Gasteiger partial charge >= 0.3 is 0 Å². The van der Waals surface area contributed by atoms with Crippen molar-refractivity contribution in [2.24, 2.45) is 11.7 Å². The average molecular weight is 239 g/mol. The lowest BCUT2D eigenvalue weighted by Gasteiger charge is -2.48. The van der Waals surface area contributed by atoms with Gasteiger partial charge in [0.15, 0.2) is 0 Å². The van der Waals surface area contributed by atoms with E-state index in [4.69, 9.17) is 5.73 Å². The highest BCUT2D eigenvalue weighted by atomic mass is 16.2. The van der Waals surface area contributed by atoms with E-state index in [2.05, 4.69) is 5.32 Å². The molecule has 2 fully saturated rings. The van der Waals surface area contributed by atoms with Crippen LogP contribution < -0.4 is 11.1 Å². The highest BCUT2D eigenvalue weighted by Crippen LogP contribution is 2.32. The number of nitrogens with zero attached hydrogens (tertiary/aromatic N) is 1. The largest absolute Gasteiger partial charge is 0.350 e. The van der Waals surface area contributed by atoms with E-state index in [1.165, 1.54) is 0 Å². The van der Waals surface area contributed by atoms with Crippen molar-refractivity contribution >= 4 is 11.8 Å². The Morgan fingerprint density at radius 3 is 2.35 bits per heavy atom. The van der Waals surface area contributed by atoms with E-state index in [1.54, 1.807) is 0 Å². The Kier molecular flexibility index (Phi) is 3.12. The van der Waals surface area contributed by atoms with Gasteiger partial charge in [-0.2, -0.15) is 0 Å². The van der Waals surface area contributed by atoms with E-state index in [0.717, 1.165) is 12.8 Å². The minimum atomic E-state index is -0.403.